The lowest BCUT2D eigenvalue weighted by Crippen LogP contribution is -2.12. The zero-order valence-electron chi connectivity index (χ0n) is 16.8. The van der Waals surface area contributed by atoms with E-state index >= 15 is 0 Å². The molecule has 0 amide bonds. The number of esters is 1. The molecule has 0 saturated heterocycles. The lowest BCUT2D eigenvalue weighted by Gasteiger charge is -2.09. The summed E-state index contributed by atoms with van der Waals surface area (Å²) in [4.78, 5) is 12.6. The standard InChI is InChI=1S/C23H20F2N2O3/c1-4-20-19(13-26)21(22(27(20)3)23(28)29-5-2)14-6-8-17(9-7-14)30-18-11-15(24)10-16(25)12-18/h6-12H,4-5H2,1-3H3. The average molecular weight is 410 g/mol. The van der Waals surface area contributed by atoms with Gasteiger partial charge in [0.2, 0.25) is 0 Å². The van der Waals surface area contributed by atoms with E-state index in [0.29, 0.717) is 34.6 Å². The van der Waals surface area contributed by atoms with Crippen LogP contribution in [0.1, 0.15) is 35.6 Å². The third kappa shape index (κ3) is 4.03. The number of nitrogens with zero attached hydrogens (tertiary/aromatic N) is 2. The van der Waals surface area contributed by atoms with Gasteiger partial charge in [0.15, 0.2) is 0 Å². The summed E-state index contributed by atoms with van der Waals surface area (Å²) in [6.45, 7) is 3.83. The Morgan fingerprint density at radius 3 is 2.23 bits per heavy atom. The van der Waals surface area contributed by atoms with Crippen molar-refractivity contribution in [1.29, 1.82) is 5.26 Å². The molecule has 1 heterocycles. The van der Waals surface area contributed by atoms with Crippen molar-refractivity contribution in [2.45, 2.75) is 20.3 Å². The van der Waals surface area contributed by atoms with Gasteiger partial charge in [0.05, 0.1) is 12.2 Å². The van der Waals surface area contributed by atoms with Crippen LogP contribution in [0.15, 0.2) is 42.5 Å². The number of ether oxygens (including phenoxy) is 2. The highest BCUT2D eigenvalue weighted by molar-refractivity contribution is 5.98. The second kappa shape index (κ2) is 8.78. The first-order valence-corrected chi connectivity index (χ1v) is 9.42. The van der Waals surface area contributed by atoms with Crippen LogP contribution in [-0.2, 0) is 18.2 Å². The highest BCUT2D eigenvalue weighted by Crippen LogP contribution is 2.34. The maximum atomic E-state index is 13.4. The smallest absolute Gasteiger partial charge is 0.355 e. The molecule has 5 nitrogen and oxygen atoms in total. The van der Waals surface area contributed by atoms with Crippen LogP contribution in [0.4, 0.5) is 8.78 Å². The maximum absolute atomic E-state index is 13.4. The zero-order chi connectivity index (χ0) is 21.8. The average Bonchev–Trinajstić information content (AvgIpc) is 2.99. The Balaban J connectivity index is 2.03. The fourth-order valence-corrected chi connectivity index (χ4v) is 3.40. The van der Waals surface area contributed by atoms with Crippen LogP contribution in [-0.4, -0.2) is 17.1 Å². The summed E-state index contributed by atoms with van der Waals surface area (Å²) in [5.41, 5.74) is 2.54. The second-order valence-electron chi connectivity index (χ2n) is 6.52. The Labute approximate surface area is 173 Å². The summed E-state index contributed by atoms with van der Waals surface area (Å²) in [5, 5.41) is 9.73. The van der Waals surface area contributed by atoms with Crippen LogP contribution in [0, 0.1) is 23.0 Å². The van der Waals surface area contributed by atoms with Crippen LogP contribution >= 0.6 is 0 Å². The van der Waals surface area contributed by atoms with Crippen molar-refractivity contribution >= 4 is 5.97 Å². The fraction of sp³-hybridized carbons (Fsp3) is 0.217. The number of halogens is 2. The molecule has 0 unspecified atom stereocenters. The third-order valence-electron chi connectivity index (χ3n) is 4.65. The topological polar surface area (TPSA) is 64.2 Å². The molecular formula is C23H20F2N2O3. The molecule has 1 aromatic heterocycles. The molecule has 0 aliphatic rings. The van der Waals surface area contributed by atoms with Gasteiger partial charge >= 0.3 is 5.97 Å². The van der Waals surface area contributed by atoms with Crippen molar-refractivity contribution in [2.24, 2.45) is 7.05 Å². The summed E-state index contributed by atoms with van der Waals surface area (Å²) < 4.78 is 39.1. The van der Waals surface area contributed by atoms with Crippen LogP contribution < -0.4 is 4.74 Å². The zero-order valence-corrected chi connectivity index (χ0v) is 16.8. The number of rotatable bonds is 6. The van der Waals surface area contributed by atoms with Gasteiger partial charge in [0, 0.05) is 36.5 Å². The van der Waals surface area contributed by atoms with Crippen molar-refractivity contribution in [3.05, 3.63) is 71.1 Å². The van der Waals surface area contributed by atoms with Crippen LogP contribution in [0.2, 0.25) is 0 Å². The molecular weight excluding hydrogens is 390 g/mol. The van der Waals surface area contributed by atoms with E-state index < -0.39 is 17.6 Å². The first kappa shape index (κ1) is 21.1. The predicted octanol–water partition coefficient (Wildman–Crippen LogP) is 5.37. The summed E-state index contributed by atoms with van der Waals surface area (Å²) in [6, 6.07) is 11.7. The number of nitriles is 1. The van der Waals surface area contributed by atoms with Gasteiger partial charge in [-0.25, -0.2) is 13.6 Å². The SMILES string of the molecule is CCOC(=O)c1c(-c2ccc(Oc3cc(F)cc(F)c3)cc2)c(C#N)c(CC)n1C. The molecule has 2 aromatic carbocycles. The largest absolute Gasteiger partial charge is 0.461 e. The van der Waals surface area contributed by atoms with Crippen molar-refractivity contribution in [3.63, 3.8) is 0 Å². The molecule has 0 saturated carbocycles. The van der Waals surface area contributed by atoms with Crippen molar-refractivity contribution in [3.8, 4) is 28.7 Å². The molecule has 3 rings (SSSR count). The van der Waals surface area contributed by atoms with Gasteiger partial charge in [-0.2, -0.15) is 5.26 Å². The van der Waals surface area contributed by atoms with Crippen LogP contribution in [0.25, 0.3) is 11.1 Å². The van der Waals surface area contributed by atoms with Gasteiger partial charge in [-0.15, -0.1) is 0 Å². The molecule has 3 aromatic rings. The molecule has 0 aliphatic carbocycles. The molecule has 0 bridgehead atoms. The molecule has 0 N–H and O–H groups in total. The number of carbonyl (C=O) groups is 1. The molecule has 0 fully saturated rings. The summed E-state index contributed by atoms with van der Waals surface area (Å²) in [6.07, 6.45) is 0.568. The molecule has 0 atom stereocenters. The molecule has 7 heteroatoms. The van der Waals surface area contributed by atoms with Gasteiger partial charge < -0.3 is 14.0 Å². The van der Waals surface area contributed by atoms with E-state index in [1.54, 1.807) is 42.8 Å². The van der Waals surface area contributed by atoms with E-state index in [2.05, 4.69) is 6.07 Å². The fourth-order valence-electron chi connectivity index (χ4n) is 3.40. The highest BCUT2D eigenvalue weighted by Gasteiger charge is 2.26. The Morgan fingerprint density at radius 1 is 1.07 bits per heavy atom. The lowest BCUT2D eigenvalue weighted by atomic mass is 10.00. The van der Waals surface area contributed by atoms with Gasteiger partial charge in [-0.05, 0) is 31.0 Å². The van der Waals surface area contributed by atoms with Crippen molar-refractivity contribution in [1.82, 2.24) is 4.57 Å². The van der Waals surface area contributed by atoms with Gasteiger partial charge in [-0.3, -0.25) is 0 Å². The van der Waals surface area contributed by atoms with Gasteiger partial charge in [-0.1, -0.05) is 19.1 Å². The Kier molecular flexibility index (Phi) is 6.17. The minimum absolute atomic E-state index is 0.0261. The van der Waals surface area contributed by atoms with E-state index in [1.807, 2.05) is 6.92 Å². The van der Waals surface area contributed by atoms with E-state index in [4.69, 9.17) is 9.47 Å². The Hall–Kier alpha value is -3.66. The van der Waals surface area contributed by atoms with Crippen LogP contribution in [0.5, 0.6) is 11.5 Å². The molecule has 30 heavy (non-hydrogen) atoms. The third-order valence-corrected chi connectivity index (χ3v) is 4.65. The lowest BCUT2D eigenvalue weighted by molar-refractivity contribution is 0.0516. The summed E-state index contributed by atoms with van der Waals surface area (Å²) in [7, 11) is 1.73. The van der Waals surface area contributed by atoms with E-state index in [9.17, 15) is 18.8 Å². The minimum atomic E-state index is -0.740. The molecule has 0 spiro atoms. The van der Waals surface area contributed by atoms with Crippen molar-refractivity contribution in [2.75, 3.05) is 6.61 Å². The summed E-state index contributed by atoms with van der Waals surface area (Å²) in [5.74, 6) is -1.61. The number of hydrogen-bond acceptors (Lipinski definition) is 4. The first-order chi connectivity index (χ1) is 14.4. The number of carbonyl (C=O) groups excluding carboxylic acids is 1. The minimum Gasteiger partial charge on any atom is -0.461 e. The van der Waals surface area contributed by atoms with Crippen LogP contribution in [0.3, 0.4) is 0 Å². The Bertz CT molecular complexity index is 1110. The number of hydrogen-bond donors (Lipinski definition) is 0. The van der Waals surface area contributed by atoms with Gasteiger partial charge in [0.1, 0.15) is 34.9 Å². The molecule has 0 aliphatic heterocycles. The van der Waals surface area contributed by atoms with Gasteiger partial charge in [0.25, 0.3) is 0 Å². The van der Waals surface area contributed by atoms with E-state index in [-0.39, 0.29) is 12.4 Å². The maximum Gasteiger partial charge on any atom is 0.355 e. The molecule has 0 radical (unpaired) electrons. The predicted molar refractivity (Wildman–Crippen MR) is 107 cm³/mol. The first-order valence-electron chi connectivity index (χ1n) is 9.42. The monoisotopic (exact) mass is 410 g/mol. The Morgan fingerprint density at radius 2 is 1.70 bits per heavy atom. The molecule has 154 valence electrons. The van der Waals surface area contributed by atoms with Crippen molar-refractivity contribution < 1.29 is 23.0 Å². The van der Waals surface area contributed by atoms with E-state index in [0.717, 1.165) is 23.9 Å². The number of benzene rings is 2. The van der Waals surface area contributed by atoms with E-state index in [1.165, 1.54) is 0 Å². The normalized spacial score (nSPS) is 10.5. The number of aromatic nitrogens is 1. The highest BCUT2D eigenvalue weighted by atomic mass is 19.1. The quantitative estimate of drug-likeness (QED) is 0.512. The second-order valence-corrected chi connectivity index (χ2v) is 6.52. The summed E-state index contributed by atoms with van der Waals surface area (Å²) >= 11 is 0.